The van der Waals surface area contributed by atoms with Crippen molar-refractivity contribution in [2.45, 2.75) is 79.7 Å². The van der Waals surface area contributed by atoms with E-state index in [1.54, 1.807) is 41.9 Å². The summed E-state index contributed by atoms with van der Waals surface area (Å²) in [6.07, 6.45) is 2.52. The molecule has 0 aliphatic rings. The molecule has 3 N–H and O–H groups in total. The average molecular weight is 482 g/mol. The molecule has 0 saturated carbocycles. The largest absolute Gasteiger partial charge is 0.462 e. The smallest absolute Gasteiger partial charge is 0.338 e. The van der Waals surface area contributed by atoms with Crippen LogP contribution in [0.3, 0.4) is 0 Å². The van der Waals surface area contributed by atoms with E-state index in [-0.39, 0.29) is 28.2 Å². The standard InChI is InChI=1S/C27H39N5O3/c1-10-35-24(34)17-11-13-18(14-12-17)29-23(33)19-15-28-32-21(19)30-20(26(5,6)7)22(32)31-27(8,9)16-25(2,3)4/h11-15,30-31H,10,16H2,1-9H3,(H,29,33). The number of carbonyl (C=O) groups excluding carboxylic acids is 2. The van der Waals surface area contributed by atoms with E-state index in [0.29, 0.717) is 29.1 Å². The van der Waals surface area contributed by atoms with Crippen LogP contribution in [0.4, 0.5) is 11.5 Å². The molecule has 0 fully saturated rings. The van der Waals surface area contributed by atoms with Gasteiger partial charge in [0.25, 0.3) is 5.91 Å². The van der Waals surface area contributed by atoms with Crippen LogP contribution in [0, 0.1) is 5.41 Å². The SMILES string of the molecule is CCOC(=O)c1ccc(NC(=O)c2cnn3c(NC(C)(C)CC(C)(C)C)c(C(C)(C)C)[nH]c23)cc1. The number of rotatable bonds is 7. The molecule has 1 amide bonds. The second-order valence-corrected chi connectivity index (χ2v) is 11.9. The van der Waals surface area contributed by atoms with Crippen molar-refractivity contribution in [3.63, 3.8) is 0 Å². The lowest BCUT2D eigenvalue weighted by Gasteiger charge is -2.34. The summed E-state index contributed by atoms with van der Waals surface area (Å²) in [5.74, 6) is 0.185. The van der Waals surface area contributed by atoms with Crippen molar-refractivity contribution < 1.29 is 14.3 Å². The molecule has 1 aromatic carbocycles. The predicted octanol–water partition coefficient (Wildman–Crippen LogP) is 6.02. The molecule has 2 aromatic heterocycles. The van der Waals surface area contributed by atoms with Gasteiger partial charge >= 0.3 is 5.97 Å². The van der Waals surface area contributed by atoms with Crippen LogP contribution < -0.4 is 10.6 Å². The molecule has 0 saturated heterocycles. The van der Waals surface area contributed by atoms with Gasteiger partial charge in [0, 0.05) is 16.6 Å². The number of amides is 1. The summed E-state index contributed by atoms with van der Waals surface area (Å²) in [4.78, 5) is 28.5. The lowest BCUT2D eigenvalue weighted by Crippen LogP contribution is -2.36. The molecule has 0 unspecified atom stereocenters. The number of ether oxygens (including phenoxy) is 1. The summed E-state index contributed by atoms with van der Waals surface area (Å²) >= 11 is 0. The molecule has 0 aliphatic carbocycles. The third-order valence-electron chi connectivity index (χ3n) is 5.54. The maximum Gasteiger partial charge on any atom is 0.338 e. The lowest BCUT2D eigenvalue weighted by atomic mass is 9.81. The molecular formula is C27H39N5O3. The number of aromatic amines is 1. The first kappa shape index (κ1) is 26.3. The van der Waals surface area contributed by atoms with Crippen molar-refractivity contribution in [2.24, 2.45) is 5.41 Å². The summed E-state index contributed by atoms with van der Waals surface area (Å²) in [5, 5.41) is 11.1. The number of nitrogens with one attached hydrogen (secondary N) is 3. The summed E-state index contributed by atoms with van der Waals surface area (Å²) in [7, 11) is 0. The summed E-state index contributed by atoms with van der Waals surface area (Å²) in [6, 6.07) is 6.63. The van der Waals surface area contributed by atoms with E-state index in [2.05, 4.69) is 76.1 Å². The van der Waals surface area contributed by atoms with Gasteiger partial charge in [0.2, 0.25) is 0 Å². The van der Waals surface area contributed by atoms with Crippen LogP contribution in [-0.4, -0.2) is 38.6 Å². The third-order valence-corrected chi connectivity index (χ3v) is 5.54. The third kappa shape index (κ3) is 6.24. The average Bonchev–Trinajstić information content (AvgIpc) is 3.26. The van der Waals surface area contributed by atoms with Gasteiger partial charge in [0.15, 0.2) is 0 Å². The highest BCUT2D eigenvalue weighted by atomic mass is 16.5. The quantitative estimate of drug-likeness (QED) is 0.359. The second-order valence-electron chi connectivity index (χ2n) is 11.9. The number of carbonyl (C=O) groups is 2. The number of benzene rings is 1. The molecule has 2 heterocycles. The fourth-order valence-corrected chi connectivity index (χ4v) is 4.54. The van der Waals surface area contributed by atoms with Crippen LogP contribution in [0.25, 0.3) is 5.65 Å². The van der Waals surface area contributed by atoms with Crippen LogP contribution in [0.2, 0.25) is 0 Å². The topological polar surface area (TPSA) is 101 Å². The maximum atomic E-state index is 13.2. The normalized spacial score (nSPS) is 12.6. The number of imidazole rings is 1. The Balaban J connectivity index is 1.92. The van der Waals surface area contributed by atoms with Gasteiger partial charge in [-0.2, -0.15) is 9.61 Å². The van der Waals surface area contributed by atoms with Crippen LogP contribution in [-0.2, 0) is 10.2 Å². The Bertz CT molecular complexity index is 1200. The molecular weight excluding hydrogens is 442 g/mol. The number of esters is 1. The summed E-state index contributed by atoms with van der Waals surface area (Å²) in [5.41, 5.74) is 2.82. The first-order valence-electron chi connectivity index (χ1n) is 12.1. The Kier molecular flexibility index (Phi) is 7.07. The molecule has 3 aromatic rings. The van der Waals surface area contributed by atoms with Gasteiger partial charge in [-0.15, -0.1) is 0 Å². The van der Waals surface area contributed by atoms with E-state index in [4.69, 9.17) is 4.74 Å². The zero-order valence-corrected chi connectivity index (χ0v) is 22.4. The van der Waals surface area contributed by atoms with Crippen molar-refractivity contribution in [1.82, 2.24) is 14.6 Å². The minimum absolute atomic E-state index is 0.145. The highest BCUT2D eigenvalue weighted by Gasteiger charge is 2.32. The van der Waals surface area contributed by atoms with Gasteiger partial charge in [-0.05, 0) is 56.9 Å². The molecule has 0 bridgehead atoms. The Morgan fingerprint density at radius 3 is 2.20 bits per heavy atom. The Morgan fingerprint density at radius 1 is 1.03 bits per heavy atom. The number of hydrogen-bond acceptors (Lipinski definition) is 5. The molecule has 35 heavy (non-hydrogen) atoms. The minimum Gasteiger partial charge on any atom is -0.462 e. The van der Waals surface area contributed by atoms with Crippen LogP contribution in [0.1, 0.15) is 95.1 Å². The molecule has 0 radical (unpaired) electrons. The highest BCUT2D eigenvalue weighted by molar-refractivity contribution is 6.08. The van der Waals surface area contributed by atoms with Crippen molar-refractivity contribution in [1.29, 1.82) is 0 Å². The maximum absolute atomic E-state index is 13.2. The highest BCUT2D eigenvalue weighted by Crippen LogP contribution is 2.35. The second kappa shape index (κ2) is 9.40. The number of fused-ring (bicyclic) bond motifs is 1. The predicted molar refractivity (Wildman–Crippen MR) is 140 cm³/mol. The van der Waals surface area contributed by atoms with Crippen molar-refractivity contribution in [3.05, 3.63) is 47.3 Å². The molecule has 3 rings (SSSR count). The molecule has 8 heteroatoms. The minimum atomic E-state index is -0.390. The van der Waals surface area contributed by atoms with Crippen LogP contribution in [0.15, 0.2) is 30.5 Å². The number of H-pyrrole nitrogens is 1. The van der Waals surface area contributed by atoms with Gasteiger partial charge in [-0.25, -0.2) is 4.79 Å². The lowest BCUT2D eigenvalue weighted by molar-refractivity contribution is 0.0526. The fourth-order valence-electron chi connectivity index (χ4n) is 4.54. The van der Waals surface area contributed by atoms with E-state index >= 15 is 0 Å². The van der Waals surface area contributed by atoms with E-state index in [1.807, 2.05) is 0 Å². The Hall–Kier alpha value is -3.29. The van der Waals surface area contributed by atoms with Crippen molar-refractivity contribution in [2.75, 3.05) is 17.2 Å². The molecule has 0 aliphatic heterocycles. The van der Waals surface area contributed by atoms with Crippen LogP contribution in [0.5, 0.6) is 0 Å². The number of nitrogens with zero attached hydrogens (tertiary/aromatic N) is 2. The van der Waals surface area contributed by atoms with Gasteiger partial charge < -0.3 is 20.4 Å². The zero-order valence-electron chi connectivity index (χ0n) is 22.4. The first-order chi connectivity index (χ1) is 16.1. The monoisotopic (exact) mass is 481 g/mol. The van der Waals surface area contributed by atoms with Gasteiger partial charge in [-0.1, -0.05) is 41.5 Å². The zero-order chi connectivity index (χ0) is 26.2. The molecule has 8 nitrogen and oxygen atoms in total. The first-order valence-corrected chi connectivity index (χ1v) is 12.1. The van der Waals surface area contributed by atoms with Crippen molar-refractivity contribution >= 4 is 29.0 Å². The number of aromatic nitrogens is 3. The van der Waals surface area contributed by atoms with E-state index in [9.17, 15) is 9.59 Å². The van der Waals surface area contributed by atoms with Gasteiger partial charge in [-0.3, -0.25) is 4.79 Å². The van der Waals surface area contributed by atoms with Gasteiger partial charge in [0.1, 0.15) is 17.0 Å². The van der Waals surface area contributed by atoms with E-state index in [0.717, 1.165) is 17.9 Å². The summed E-state index contributed by atoms with van der Waals surface area (Å²) in [6.45, 7) is 19.5. The fraction of sp³-hybridized carbons (Fsp3) is 0.519. The van der Waals surface area contributed by atoms with Gasteiger partial charge in [0.05, 0.1) is 24.1 Å². The van der Waals surface area contributed by atoms with E-state index in [1.165, 1.54) is 0 Å². The molecule has 0 spiro atoms. The number of anilines is 2. The molecule has 190 valence electrons. The Labute approximate surface area is 207 Å². The van der Waals surface area contributed by atoms with E-state index < -0.39 is 0 Å². The summed E-state index contributed by atoms with van der Waals surface area (Å²) < 4.78 is 6.79. The molecule has 0 atom stereocenters. The van der Waals surface area contributed by atoms with Crippen LogP contribution >= 0.6 is 0 Å². The Morgan fingerprint density at radius 2 is 1.66 bits per heavy atom. The number of hydrogen-bond donors (Lipinski definition) is 3. The van der Waals surface area contributed by atoms with Crippen molar-refractivity contribution in [3.8, 4) is 0 Å².